The van der Waals surface area contributed by atoms with Crippen LogP contribution in [0.3, 0.4) is 0 Å². The van der Waals surface area contributed by atoms with Gasteiger partial charge in [-0.3, -0.25) is 14.7 Å². The number of halogens is 1. The Morgan fingerprint density at radius 1 is 1.16 bits per heavy atom. The molecule has 0 fully saturated rings. The van der Waals surface area contributed by atoms with Gasteiger partial charge < -0.3 is 4.74 Å². The SMILES string of the molecule is COc1ccc2nc(N(Cc3ccccn3)C(=O)CCCSc3ccc(F)cc3)sc2c1. The van der Waals surface area contributed by atoms with Crippen molar-refractivity contribution in [1.82, 2.24) is 9.97 Å². The number of hydrogen-bond donors (Lipinski definition) is 0. The lowest BCUT2D eigenvalue weighted by Gasteiger charge is -2.19. The fourth-order valence-electron chi connectivity index (χ4n) is 3.13. The molecule has 2 aromatic carbocycles. The molecule has 0 aliphatic rings. The van der Waals surface area contributed by atoms with E-state index in [0.29, 0.717) is 24.5 Å². The molecule has 0 N–H and O–H groups in total. The number of pyridine rings is 1. The first-order chi connectivity index (χ1) is 15.6. The van der Waals surface area contributed by atoms with Crippen molar-refractivity contribution in [1.29, 1.82) is 0 Å². The average Bonchev–Trinajstić information content (AvgIpc) is 3.25. The lowest BCUT2D eigenvalue weighted by atomic mass is 10.2. The summed E-state index contributed by atoms with van der Waals surface area (Å²) in [4.78, 5) is 25.0. The molecule has 0 atom stereocenters. The van der Waals surface area contributed by atoms with E-state index in [4.69, 9.17) is 4.74 Å². The largest absolute Gasteiger partial charge is 0.497 e. The monoisotopic (exact) mass is 467 g/mol. The van der Waals surface area contributed by atoms with Crippen LogP contribution in [-0.2, 0) is 11.3 Å². The van der Waals surface area contributed by atoms with E-state index in [9.17, 15) is 9.18 Å². The van der Waals surface area contributed by atoms with Crippen LogP contribution in [-0.4, -0.2) is 28.7 Å². The van der Waals surface area contributed by atoms with Crippen LogP contribution in [0.1, 0.15) is 18.5 Å². The zero-order valence-corrected chi connectivity index (χ0v) is 19.2. The standard InChI is InChI=1S/C24H22FN3O2S2/c1-30-19-9-12-21-22(15-19)32-24(27-21)28(16-18-5-2-3-13-26-18)23(29)6-4-14-31-20-10-7-17(25)8-11-20/h2-3,5,7-13,15H,4,6,14,16H2,1H3. The Morgan fingerprint density at radius 3 is 2.75 bits per heavy atom. The van der Waals surface area contributed by atoms with Gasteiger partial charge >= 0.3 is 0 Å². The number of fused-ring (bicyclic) bond motifs is 1. The van der Waals surface area contributed by atoms with Gasteiger partial charge in [0.1, 0.15) is 11.6 Å². The van der Waals surface area contributed by atoms with Crippen molar-refractivity contribution in [2.24, 2.45) is 0 Å². The van der Waals surface area contributed by atoms with E-state index >= 15 is 0 Å². The van der Waals surface area contributed by atoms with E-state index < -0.39 is 0 Å². The van der Waals surface area contributed by atoms with E-state index in [0.717, 1.165) is 32.3 Å². The molecule has 2 heterocycles. The van der Waals surface area contributed by atoms with Gasteiger partial charge in [0.15, 0.2) is 5.13 Å². The molecule has 0 bridgehead atoms. The van der Waals surface area contributed by atoms with E-state index in [-0.39, 0.29) is 11.7 Å². The molecule has 5 nitrogen and oxygen atoms in total. The third kappa shape index (κ3) is 5.63. The second kappa shape index (κ2) is 10.6. The maximum atomic E-state index is 13.2. The number of carbonyl (C=O) groups excluding carboxylic acids is 1. The molecule has 0 aliphatic carbocycles. The smallest absolute Gasteiger partial charge is 0.229 e. The van der Waals surface area contributed by atoms with E-state index in [1.54, 1.807) is 42.1 Å². The summed E-state index contributed by atoms with van der Waals surface area (Å²) in [5.41, 5.74) is 1.63. The van der Waals surface area contributed by atoms with Crippen molar-refractivity contribution >= 4 is 44.4 Å². The molecule has 164 valence electrons. The third-order valence-electron chi connectivity index (χ3n) is 4.78. The molecular formula is C24H22FN3O2S2. The van der Waals surface area contributed by atoms with Crippen LogP contribution in [0.2, 0.25) is 0 Å². The van der Waals surface area contributed by atoms with Gasteiger partial charge in [0.25, 0.3) is 0 Å². The van der Waals surface area contributed by atoms with Gasteiger partial charge in [0.05, 0.1) is 29.6 Å². The number of rotatable bonds is 9. The van der Waals surface area contributed by atoms with Gasteiger partial charge in [-0.15, -0.1) is 11.8 Å². The number of methoxy groups -OCH3 is 1. The Labute approximate surface area is 194 Å². The zero-order valence-electron chi connectivity index (χ0n) is 17.5. The number of aromatic nitrogens is 2. The summed E-state index contributed by atoms with van der Waals surface area (Å²) in [7, 11) is 1.63. The highest BCUT2D eigenvalue weighted by atomic mass is 32.2. The molecule has 8 heteroatoms. The maximum Gasteiger partial charge on any atom is 0.229 e. The van der Waals surface area contributed by atoms with Crippen molar-refractivity contribution in [3.63, 3.8) is 0 Å². The predicted octanol–water partition coefficient (Wildman–Crippen LogP) is 5.94. The molecule has 0 radical (unpaired) electrons. The van der Waals surface area contributed by atoms with Crippen LogP contribution in [0.15, 0.2) is 71.8 Å². The molecule has 0 saturated heterocycles. The van der Waals surface area contributed by atoms with Gasteiger partial charge in [-0.05, 0) is 66.8 Å². The zero-order chi connectivity index (χ0) is 22.3. The lowest BCUT2D eigenvalue weighted by Crippen LogP contribution is -2.30. The second-order valence-electron chi connectivity index (χ2n) is 7.04. The Kier molecular flexibility index (Phi) is 7.34. The molecule has 2 aromatic heterocycles. The number of amides is 1. The summed E-state index contributed by atoms with van der Waals surface area (Å²) < 4.78 is 19.3. The van der Waals surface area contributed by atoms with E-state index in [2.05, 4.69) is 9.97 Å². The van der Waals surface area contributed by atoms with Crippen molar-refractivity contribution in [3.05, 3.63) is 78.4 Å². The predicted molar refractivity (Wildman–Crippen MR) is 128 cm³/mol. The van der Waals surface area contributed by atoms with Crippen molar-refractivity contribution in [2.75, 3.05) is 17.8 Å². The molecule has 0 unspecified atom stereocenters. The highest BCUT2D eigenvalue weighted by Gasteiger charge is 2.20. The normalized spacial score (nSPS) is 10.9. The van der Waals surface area contributed by atoms with Crippen molar-refractivity contribution in [3.8, 4) is 5.75 Å². The summed E-state index contributed by atoms with van der Waals surface area (Å²) in [5, 5.41) is 0.648. The van der Waals surface area contributed by atoms with Gasteiger partial charge in [-0.2, -0.15) is 0 Å². The summed E-state index contributed by atoms with van der Waals surface area (Å²) in [5.74, 6) is 1.28. The number of thioether (sulfide) groups is 1. The van der Waals surface area contributed by atoms with Crippen molar-refractivity contribution < 1.29 is 13.9 Å². The number of nitrogens with zero attached hydrogens (tertiary/aromatic N) is 3. The highest BCUT2D eigenvalue weighted by molar-refractivity contribution is 7.99. The van der Waals surface area contributed by atoms with Crippen molar-refractivity contribution in [2.45, 2.75) is 24.3 Å². The van der Waals surface area contributed by atoms with Gasteiger partial charge in [0.2, 0.25) is 5.91 Å². The summed E-state index contributed by atoms with van der Waals surface area (Å²) in [6.45, 7) is 0.363. The Morgan fingerprint density at radius 2 is 2.00 bits per heavy atom. The Hall–Kier alpha value is -2.97. The van der Waals surface area contributed by atoms with E-state index in [1.165, 1.54) is 23.5 Å². The summed E-state index contributed by atoms with van der Waals surface area (Å²) in [6.07, 6.45) is 2.82. The second-order valence-corrected chi connectivity index (χ2v) is 9.21. The number of benzene rings is 2. The average molecular weight is 468 g/mol. The molecular weight excluding hydrogens is 445 g/mol. The van der Waals surface area contributed by atoms with Crippen LogP contribution in [0.4, 0.5) is 9.52 Å². The molecule has 4 rings (SSSR count). The first kappa shape index (κ1) is 22.2. The molecule has 0 aliphatic heterocycles. The van der Waals surface area contributed by atoms with Gasteiger partial charge in [-0.1, -0.05) is 17.4 Å². The minimum absolute atomic E-state index is 0.00128. The number of carbonyl (C=O) groups is 1. The van der Waals surface area contributed by atoms with Crippen LogP contribution < -0.4 is 9.64 Å². The summed E-state index contributed by atoms with van der Waals surface area (Å²) in [6, 6.07) is 17.8. The topological polar surface area (TPSA) is 55.3 Å². The summed E-state index contributed by atoms with van der Waals surface area (Å²) >= 11 is 3.08. The Balaban J connectivity index is 1.47. The maximum absolute atomic E-state index is 13.2. The first-order valence-corrected chi connectivity index (χ1v) is 12.0. The number of thiazole rings is 1. The van der Waals surface area contributed by atoms with Gasteiger partial charge in [0, 0.05) is 17.5 Å². The minimum Gasteiger partial charge on any atom is -0.497 e. The lowest BCUT2D eigenvalue weighted by molar-refractivity contribution is -0.118. The molecule has 1 amide bonds. The number of hydrogen-bond acceptors (Lipinski definition) is 6. The number of ether oxygens (including phenoxy) is 1. The van der Waals surface area contributed by atoms with Gasteiger partial charge in [-0.25, -0.2) is 9.37 Å². The fraction of sp³-hybridized carbons (Fsp3) is 0.208. The fourth-order valence-corrected chi connectivity index (χ4v) is 4.99. The van der Waals surface area contributed by atoms with Crippen LogP contribution in [0.5, 0.6) is 5.75 Å². The van der Waals surface area contributed by atoms with Crippen LogP contribution in [0.25, 0.3) is 10.2 Å². The molecule has 0 spiro atoms. The highest BCUT2D eigenvalue weighted by Crippen LogP contribution is 2.32. The quantitative estimate of drug-likeness (QED) is 0.225. The molecule has 0 saturated carbocycles. The number of anilines is 1. The molecule has 4 aromatic rings. The van der Waals surface area contributed by atoms with Crippen LogP contribution >= 0.6 is 23.1 Å². The first-order valence-electron chi connectivity index (χ1n) is 10.2. The van der Waals surface area contributed by atoms with E-state index in [1.807, 2.05) is 36.4 Å². The Bertz CT molecular complexity index is 1180. The third-order valence-corrected chi connectivity index (χ3v) is 6.92. The van der Waals surface area contributed by atoms with Crippen LogP contribution in [0, 0.1) is 5.82 Å². The minimum atomic E-state index is -0.247. The molecule has 32 heavy (non-hydrogen) atoms.